The number of rotatable bonds is 8. The molecule has 0 heterocycles. The fourth-order valence-corrected chi connectivity index (χ4v) is 0.651. The topological polar surface area (TPSA) is 107 Å². The molecule has 0 amide bonds. The fourth-order valence-electron chi connectivity index (χ4n) is 0.651. The van der Waals surface area contributed by atoms with Gasteiger partial charge in [0.15, 0.2) is 6.29 Å². The molecule has 0 aromatic carbocycles. The van der Waals surface area contributed by atoms with E-state index in [1.54, 1.807) is 12.2 Å². The molecule has 0 aliphatic rings. The molecular weight excluding hydrogens is 228 g/mol. The van der Waals surface area contributed by atoms with Gasteiger partial charge in [0.1, 0.15) is 18.3 Å². The predicted octanol–water partition coefficient (Wildman–Crippen LogP) is -1.36. The second-order valence-electron chi connectivity index (χ2n) is 2.98. The number of hydrogen-bond donors (Lipinski definition) is 4. The van der Waals surface area contributed by atoms with Crippen molar-refractivity contribution in [2.75, 3.05) is 19.8 Å². The molecule has 3 atom stereocenters. The smallest absolute Gasteiger partial charge is 0.151 e. The molecule has 0 fully saturated rings. The Morgan fingerprint density at radius 1 is 1.12 bits per heavy atom. The Balaban J connectivity index is 0. The van der Waals surface area contributed by atoms with E-state index in [0.29, 0.717) is 13.2 Å². The van der Waals surface area contributed by atoms with Gasteiger partial charge in [-0.1, -0.05) is 12.2 Å². The molecule has 0 saturated carbocycles. The van der Waals surface area contributed by atoms with E-state index in [1.807, 2.05) is 0 Å². The highest BCUT2D eigenvalue weighted by Gasteiger charge is 2.22. The van der Waals surface area contributed by atoms with E-state index in [9.17, 15) is 4.79 Å². The third-order valence-corrected chi connectivity index (χ3v) is 1.54. The van der Waals surface area contributed by atoms with Gasteiger partial charge in [0, 0.05) is 0 Å². The minimum Gasteiger partial charge on any atom is -0.394 e. The highest BCUT2D eigenvalue weighted by atomic mass is 16.5. The summed E-state index contributed by atoms with van der Waals surface area (Å²) in [6, 6.07) is 0. The summed E-state index contributed by atoms with van der Waals surface area (Å²) in [6.07, 6.45) is -1.21. The number of aliphatic hydroxyl groups is 4. The zero-order chi connectivity index (χ0) is 13.7. The van der Waals surface area contributed by atoms with Crippen LogP contribution in [0, 0.1) is 0 Å². The van der Waals surface area contributed by atoms with Gasteiger partial charge in [-0.3, -0.25) is 0 Å². The summed E-state index contributed by atoms with van der Waals surface area (Å²) in [6.45, 7) is 7.49. The van der Waals surface area contributed by atoms with Gasteiger partial charge in [0.2, 0.25) is 0 Å². The summed E-state index contributed by atoms with van der Waals surface area (Å²) in [7, 11) is 0. The van der Waals surface area contributed by atoms with Crippen molar-refractivity contribution < 1.29 is 30.0 Å². The molecule has 0 bridgehead atoms. The van der Waals surface area contributed by atoms with Crippen molar-refractivity contribution in [1.82, 2.24) is 0 Å². The standard InChI is InChI=1S/C6H10O.C5H10O5/c1-3-5-7-6-4-2;6-1-3(8)5(10)4(9)2-7/h3-4H,1-2,5-6H2;1,3-5,7-10H,2H2/t;3-,4+,5+/m.0/s1. The molecule has 0 unspecified atom stereocenters. The Hall–Kier alpha value is -1.05. The molecule has 100 valence electrons. The summed E-state index contributed by atoms with van der Waals surface area (Å²) >= 11 is 0. The second kappa shape index (κ2) is 13.0. The SMILES string of the molecule is C=CCOCC=C.O=C[C@H](O)[C@@H](O)[C@H](O)CO. The van der Waals surface area contributed by atoms with Crippen LogP contribution in [0.2, 0.25) is 0 Å². The summed E-state index contributed by atoms with van der Waals surface area (Å²) in [4.78, 5) is 9.76. The highest BCUT2D eigenvalue weighted by molar-refractivity contribution is 5.56. The first kappa shape index (κ1) is 18.3. The molecule has 0 aliphatic heterocycles. The Morgan fingerprint density at radius 3 is 1.88 bits per heavy atom. The number of aliphatic hydroxyl groups excluding tert-OH is 4. The van der Waals surface area contributed by atoms with Crippen LogP contribution in [0.25, 0.3) is 0 Å². The quantitative estimate of drug-likeness (QED) is 0.240. The van der Waals surface area contributed by atoms with Crippen LogP contribution in [-0.2, 0) is 9.53 Å². The summed E-state index contributed by atoms with van der Waals surface area (Å²) in [5.41, 5.74) is 0. The Kier molecular flexibility index (Phi) is 14.0. The molecule has 17 heavy (non-hydrogen) atoms. The van der Waals surface area contributed by atoms with Crippen LogP contribution in [0.1, 0.15) is 0 Å². The molecule has 0 aliphatic carbocycles. The summed E-state index contributed by atoms with van der Waals surface area (Å²) in [5, 5.41) is 34.1. The maximum atomic E-state index is 9.76. The van der Waals surface area contributed by atoms with Crippen LogP contribution in [0.15, 0.2) is 25.3 Å². The van der Waals surface area contributed by atoms with Gasteiger partial charge in [-0.15, -0.1) is 13.2 Å². The number of aldehydes is 1. The molecule has 0 aromatic rings. The monoisotopic (exact) mass is 248 g/mol. The van der Waals surface area contributed by atoms with E-state index in [-0.39, 0.29) is 6.29 Å². The van der Waals surface area contributed by atoms with Crippen molar-refractivity contribution in [3.05, 3.63) is 25.3 Å². The Morgan fingerprint density at radius 2 is 1.59 bits per heavy atom. The second-order valence-corrected chi connectivity index (χ2v) is 2.98. The summed E-state index contributed by atoms with van der Waals surface area (Å²) < 4.78 is 4.90. The van der Waals surface area contributed by atoms with Crippen molar-refractivity contribution in [3.63, 3.8) is 0 Å². The van der Waals surface area contributed by atoms with E-state index >= 15 is 0 Å². The first-order valence-corrected chi connectivity index (χ1v) is 4.95. The molecule has 6 heteroatoms. The minimum atomic E-state index is -1.64. The van der Waals surface area contributed by atoms with Gasteiger partial charge >= 0.3 is 0 Å². The molecule has 0 spiro atoms. The van der Waals surface area contributed by atoms with Crippen molar-refractivity contribution in [3.8, 4) is 0 Å². The molecule has 0 aromatic heterocycles. The largest absolute Gasteiger partial charge is 0.394 e. The zero-order valence-corrected chi connectivity index (χ0v) is 9.60. The van der Waals surface area contributed by atoms with E-state index in [0.717, 1.165) is 0 Å². The van der Waals surface area contributed by atoms with Crippen LogP contribution in [0.3, 0.4) is 0 Å². The number of carbonyl (C=O) groups excluding carboxylic acids is 1. The number of carbonyl (C=O) groups is 1. The lowest BCUT2D eigenvalue weighted by atomic mass is 10.1. The maximum absolute atomic E-state index is 9.76. The summed E-state index contributed by atoms with van der Waals surface area (Å²) in [5.74, 6) is 0. The van der Waals surface area contributed by atoms with E-state index in [1.165, 1.54) is 0 Å². The first-order valence-electron chi connectivity index (χ1n) is 4.95. The van der Waals surface area contributed by atoms with Crippen LogP contribution in [0.5, 0.6) is 0 Å². The van der Waals surface area contributed by atoms with E-state index in [4.69, 9.17) is 25.2 Å². The van der Waals surface area contributed by atoms with Gasteiger partial charge in [0.05, 0.1) is 19.8 Å². The third kappa shape index (κ3) is 11.2. The van der Waals surface area contributed by atoms with E-state index < -0.39 is 24.9 Å². The van der Waals surface area contributed by atoms with Gasteiger partial charge in [-0.05, 0) is 0 Å². The molecule has 0 radical (unpaired) electrons. The highest BCUT2D eigenvalue weighted by Crippen LogP contribution is 1.96. The molecule has 6 nitrogen and oxygen atoms in total. The number of ether oxygens (including phenoxy) is 1. The van der Waals surface area contributed by atoms with Gasteiger partial charge < -0.3 is 30.0 Å². The van der Waals surface area contributed by atoms with Crippen LogP contribution >= 0.6 is 0 Å². The van der Waals surface area contributed by atoms with Crippen LogP contribution in [0.4, 0.5) is 0 Å². The van der Waals surface area contributed by atoms with Gasteiger partial charge in [0.25, 0.3) is 0 Å². The normalized spacial score (nSPS) is 14.8. The van der Waals surface area contributed by atoms with E-state index in [2.05, 4.69) is 13.2 Å². The Bertz CT molecular complexity index is 198. The fraction of sp³-hybridized carbons (Fsp3) is 0.545. The van der Waals surface area contributed by atoms with Crippen LogP contribution < -0.4 is 0 Å². The molecular formula is C11H20O6. The van der Waals surface area contributed by atoms with Crippen molar-refractivity contribution in [2.24, 2.45) is 0 Å². The van der Waals surface area contributed by atoms with Crippen molar-refractivity contribution in [2.45, 2.75) is 18.3 Å². The van der Waals surface area contributed by atoms with Crippen molar-refractivity contribution >= 4 is 6.29 Å². The molecule has 0 rings (SSSR count). The first-order chi connectivity index (χ1) is 8.04. The minimum absolute atomic E-state index is 0.0869. The average molecular weight is 248 g/mol. The van der Waals surface area contributed by atoms with Crippen molar-refractivity contribution in [1.29, 1.82) is 0 Å². The molecule has 4 N–H and O–H groups in total. The lowest BCUT2D eigenvalue weighted by Crippen LogP contribution is -2.40. The number of hydrogen-bond acceptors (Lipinski definition) is 6. The van der Waals surface area contributed by atoms with Crippen LogP contribution in [-0.4, -0.2) is 64.8 Å². The maximum Gasteiger partial charge on any atom is 0.151 e. The zero-order valence-electron chi connectivity index (χ0n) is 9.60. The lowest BCUT2D eigenvalue weighted by Gasteiger charge is -2.16. The van der Waals surface area contributed by atoms with Gasteiger partial charge in [-0.25, -0.2) is 0 Å². The molecule has 0 saturated heterocycles. The lowest BCUT2D eigenvalue weighted by molar-refractivity contribution is -0.127. The third-order valence-electron chi connectivity index (χ3n) is 1.54. The van der Waals surface area contributed by atoms with Gasteiger partial charge in [-0.2, -0.15) is 0 Å². The Labute approximate surface area is 100 Å². The predicted molar refractivity (Wildman–Crippen MR) is 62.4 cm³/mol. The average Bonchev–Trinajstić information content (AvgIpc) is 2.37.